The number of rotatable bonds is 6. The van der Waals surface area contributed by atoms with Gasteiger partial charge in [-0.05, 0) is 49.7 Å². The number of para-hydroxylation sites is 1. The summed E-state index contributed by atoms with van der Waals surface area (Å²) < 4.78 is 8.75. The summed E-state index contributed by atoms with van der Waals surface area (Å²) >= 11 is 0. The maximum atomic E-state index is 6.34. The third kappa shape index (κ3) is 3.75. The van der Waals surface area contributed by atoms with Gasteiger partial charge in [-0.2, -0.15) is 0 Å². The minimum Gasteiger partial charge on any atom is -0.492 e. The molecule has 4 aromatic rings. The van der Waals surface area contributed by atoms with Gasteiger partial charge in [0.05, 0.1) is 5.52 Å². The van der Waals surface area contributed by atoms with Crippen LogP contribution in [-0.4, -0.2) is 35.7 Å². The Morgan fingerprint density at radius 2 is 1.48 bits per heavy atom. The van der Waals surface area contributed by atoms with Crippen LogP contribution in [-0.2, 0) is 6.54 Å². The Hall–Kier alpha value is -2.78. The molecule has 5 rings (SSSR count). The average Bonchev–Trinajstić information content (AvgIpc) is 3.10. The molecule has 0 atom stereocenters. The van der Waals surface area contributed by atoms with Crippen molar-refractivity contribution < 1.29 is 4.74 Å². The lowest BCUT2D eigenvalue weighted by Gasteiger charge is -2.26. The smallest absolute Gasteiger partial charge is 0.129 e. The average molecular weight is 385 g/mol. The summed E-state index contributed by atoms with van der Waals surface area (Å²) in [5.41, 5.74) is 3.82. The van der Waals surface area contributed by atoms with Gasteiger partial charge >= 0.3 is 0 Å². The van der Waals surface area contributed by atoms with Crippen molar-refractivity contribution in [1.29, 1.82) is 0 Å². The Labute approximate surface area is 172 Å². The molecule has 0 unspecified atom stereocenters. The highest BCUT2D eigenvalue weighted by Gasteiger charge is 2.15. The van der Waals surface area contributed by atoms with Gasteiger partial charge in [0, 0.05) is 29.4 Å². The van der Waals surface area contributed by atoms with Gasteiger partial charge in [-0.25, -0.2) is 0 Å². The highest BCUT2D eigenvalue weighted by molar-refractivity contribution is 6.11. The van der Waals surface area contributed by atoms with Gasteiger partial charge < -0.3 is 9.30 Å². The van der Waals surface area contributed by atoms with Crippen LogP contribution in [0, 0.1) is 0 Å². The molecule has 1 aromatic heterocycles. The Morgan fingerprint density at radius 1 is 0.724 bits per heavy atom. The molecule has 29 heavy (non-hydrogen) atoms. The van der Waals surface area contributed by atoms with Gasteiger partial charge in [0.15, 0.2) is 0 Å². The van der Waals surface area contributed by atoms with Crippen LogP contribution in [0.5, 0.6) is 5.75 Å². The van der Waals surface area contributed by atoms with Crippen LogP contribution < -0.4 is 4.74 Å². The molecule has 3 aromatic carbocycles. The van der Waals surface area contributed by atoms with Crippen molar-refractivity contribution in [2.45, 2.75) is 25.8 Å². The number of ether oxygens (including phenoxy) is 1. The summed E-state index contributed by atoms with van der Waals surface area (Å²) in [6, 6.07) is 25.8. The molecule has 0 N–H and O–H groups in total. The summed E-state index contributed by atoms with van der Waals surface area (Å²) in [6.45, 7) is 5.05. The molecule has 2 heterocycles. The fourth-order valence-corrected chi connectivity index (χ4v) is 4.59. The molecule has 1 saturated heterocycles. The number of likely N-dealkylation sites (tertiary alicyclic amines) is 1. The van der Waals surface area contributed by atoms with Gasteiger partial charge in [-0.3, -0.25) is 4.90 Å². The Bertz CT molecular complexity index is 1090. The number of aromatic nitrogens is 1. The van der Waals surface area contributed by atoms with Crippen molar-refractivity contribution >= 4 is 21.8 Å². The molecule has 3 heteroatoms. The normalized spacial score (nSPS) is 15.2. The van der Waals surface area contributed by atoms with E-state index in [1.54, 1.807) is 0 Å². The summed E-state index contributed by atoms with van der Waals surface area (Å²) in [5.74, 6) is 1.00. The van der Waals surface area contributed by atoms with Gasteiger partial charge in [0.25, 0.3) is 0 Å². The lowest BCUT2D eigenvalue weighted by atomic mass is 10.1. The molecule has 0 radical (unpaired) electrons. The predicted molar refractivity (Wildman–Crippen MR) is 121 cm³/mol. The second-order valence-electron chi connectivity index (χ2n) is 7.99. The van der Waals surface area contributed by atoms with E-state index >= 15 is 0 Å². The lowest BCUT2D eigenvalue weighted by Crippen LogP contribution is -2.33. The summed E-state index contributed by atoms with van der Waals surface area (Å²) in [5, 5.41) is 2.50. The maximum Gasteiger partial charge on any atom is 0.129 e. The van der Waals surface area contributed by atoms with E-state index < -0.39 is 0 Å². The van der Waals surface area contributed by atoms with E-state index in [1.165, 1.54) is 59.7 Å². The molecule has 1 aliphatic rings. The van der Waals surface area contributed by atoms with E-state index in [4.69, 9.17) is 4.74 Å². The second-order valence-corrected chi connectivity index (χ2v) is 7.99. The van der Waals surface area contributed by atoms with Crippen molar-refractivity contribution in [1.82, 2.24) is 9.47 Å². The number of fused-ring (bicyclic) bond motifs is 3. The number of benzene rings is 3. The quantitative estimate of drug-likeness (QED) is 0.424. The topological polar surface area (TPSA) is 17.4 Å². The monoisotopic (exact) mass is 384 g/mol. The first-order chi connectivity index (χ1) is 14.4. The van der Waals surface area contributed by atoms with Crippen LogP contribution >= 0.6 is 0 Å². The fraction of sp³-hybridized carbons (Fsp3) is 0.308. The van der Waals surface area contributed by atoms with Gasteiger partial charge in [-0.1, -0.05) is 61.0 Å². The van der Waals surface area contributed by atoms with Crippen LogP contribution in [0.15, 0.2) is 72.8 Å². The molecule has 148 valence electrons. The molecular formula is C26H28N2O. The third-order valence-corrected chi connectivity index (χ3v) is 6.06. The van der Waals surface area contributed by atoms with Crippen LogP contribution in [0.2, 0.25) is 0 Å². The first-order valence-electron chi connectivity index (χ1n) is 10.8. The van der Waals surface area contributed by atoms with E-state index in [2.05, 4.69) is 82.3 Å². The van der Waals surface area contributed by atoms with E-state index in [9.17, 15) is 0 Å². The zero-order valence-electron chi connectivity index (χ0n) is 16.9. The van der Waals surface area contributed by atoms with Gasteiger partial charge in [-0.15, -0.1) is 0 Å². The SMILES string of the molecule is c1ccc(Cn2c3ccccc3c3c(OCCN4CCCCC4)cccc32)cc1. The van der Waals surface area contributed by atoms with Crippen LogP contribution in [0.25, 0.3) is 21.8 Å². The first kappa shape index (κ1) is 18.3. The van der Waals surface area contributed by atoms with Crippen molar-refractivity contribution in [3.63, 3.8) is 0 Å². The molecule has 0 amide bonds. The van der Waals surface area contributed by atoms with Crippen molar-refractivity contribution in [2.75, 3.05) is 26.2 Å². The molecule has 0 bridgehead atoms. The minimum atomic E-state index is 0.747. The number of hydrogen-bond donors (Lipinski definition) is 0. The Balaban J connectivity index is 1.48. The van der Waals surface area contributed by atoms with E-state index in [-0.39, 0.29) is 0 Å². The van der Waals surface area contributed by atoms with Crippen LogP contribution in [0.1, 0.15) is 24.8 Å². The van der Waals surface area contributed by atoms with Gasteiger partial charge in [0.1, 0.15) is 12.4 Å². The van der Waals surface area contributed by atoms with E-state index in [0.717, 1.165) is 25.4 Å². The zero-order chi connectivity index (χ0) is 19.5. The fourth-order valence-electron chi connectivity index (χ4n) is 4.59. The third-order valence-electron chi connectivity index (χ3n) is 6.06. The van der Waals surface area contributed by atoms with E-state index in [1.807, 2.05) is 0 Å². The molecule has 0 spiro atoms. The molecular weight excluding hydrogens is 356 g/mol. The highest BCUT2D eigenvalue weighted by Crippen LogP contribution is 2.36. The number of hydrogen-bond acceptors (Lipinski definition) is 2. The van der Waals surface area contributed by atoms with Crippen LogP contribution in [0.4, 0.5) is 0 Å². The van der Waals surface area contributed by atoms with Crippen molar-refractivity contribution in [3.8, 4) is 5.75 Å². The second kappa shape index (κ2) is 8.30. The van der Waals surface area contributed by atoms with Crippen molar-refractivity contribution in [2.24, 2.45) is 0 Å². The largest absolute Gasteiger partial charge is 0.492 e. The molecule has 0 aliphatic carbocycles. The zero-order valence-corrected chi connectivity index (χ0v) is 16.9. The first-order valence-corrected chi connectivity index (χ1v) is 10.8. The standard InChI is InChI=1S/C26H28N2O/c1-3-10-21(11-4-1)20-28-23-13-6-5-12-22(23)26-24(28)14-9-15-25(26)29-19-18-27-16-7-2-8-17-27/h1,3-6,9-15H,2,7-8,16-20H2. The summed E-state index contributed by atoms with van der Waals surface area (Å²) in [6.07, 6.45) is 4.02. The van der Waals surface area contributed by atoms with Crippen LogP contribution in [0.3, 0.4) is 0 Å². The van der Waals surface area contributed by atoms with Gasteiger partial charge in [0.2, 0.25) is 0 Å². The number of nitrogens with zero attached hydrogens (tertiary/aromatic N) is 2. The van der Waals surface area contributed by atoms with E-state index in [0.29, 0.717) is 0 Å². The highest BCUT2D eigenvalue weighted by atomic mass is 16.5. The maximum absolute atomic E-state index is 6.34. The number of piperidine rings is 1. The predicted octanol–water partition coefficient (Wildman–Crippen LogP) is 5.71. The van der Waals surface area contributed by atoms with Crippen molar-refractivity contribution in [3.05, 3.63) is 78.4 Å². The Morgan fingerprint density at radius 3 is 2.34 bits per heavy atom. The molecule has 0 saturated carbocycles. The molecule has 3 nitrogen and oxygen atoms in total. The minimum absolute atomic E-state index is 0.747. The summed E-state index contributed by atoms with van der Waals surface area (Å²) in [4.78, 5) is 2.53. The lowest BCUT2D eigenvalue weighted by molar-refractivity contribution is 0.184. The molecule has 1 aliphatic heterocycles. The summed E-state index contributed by atoms with van der Waals surface area (Å²) in [7, 11) is 0. The molecule has 1 fully saturated rings. The Kier molecular flexibility index (Phi) is 5.23.